The Balaban J connectivity index is 1.45. The van der Waals surface area contributed by atoms with Crippen molar-refractivity contribution >= 4 is 34.8 Å². The number of nitrogens with one attached hydrogen (secondary N) is 2. The molecule has 162 valence electrons. The van der Waals surface area contributed by atoms with E-state index in [9.17, 15) is 14.4 Å². The summed E-state index contributed by atoms with van der Waals surface area (Å²) in [4.78, 5) is 39.6. The fourth-order valence-electron chi connectivity index (χ4n) is 3.99. The number of esters is 1. The van der Waals surface area contributed by atoms with Crippen molar-refractivity contribution in [3.63, 3.8) is 0 Å². The lowest BCUT2D eigenvalue weighted by molar-refractivity contribution is -0.123. The van der Waals surface area contributed by atoms with Gasteiger partial charge in [-0.2, -0.15) is 0 Å². The smallest absolute Gasteiger partial charge is 0.338 e. The third kappa shape index (κ3) is 4.05. The number of rotatable bonds is 5. The molecule has 0 saturated carbocycles. The molecule has 0 unspecified atom stereocenters. The van der Waals surface area contributed by atoms with E-state index in [1.807, 2.05) is 19.1 Å². The standard InChI is InChI=1S/C23H25N3O5/c1-13-6-9-20(30-3)17(11-13)25-21(27)14(2)31-23(29)15-7-8-18-16(12-15)24-22(28)19-5-4-10-26(18)19/h6-9,11-12,14,19H,4-5,10H2,1-3H3,(H,24,28)(H,25,27)/t14-,19+/m1/s1. The van der Waals surface area contributed by atoms with Gasteiger partial charge < -0.3 is 25.0 Å². The van der Waals surface area contributed by atoms with Crippen molar-refractivity contribution in [2.75, 3.05) is 29.2 Å². The average molecular weight is 423 g/mol. The van der Waals surface area contributed by atoms with Crippen LogP contribution in [0.4, 0.5) is 17.1 Å². The maximum Gasteiger partial charge on any atom is 0.338 e. The van der Waals surface area contributed by atoms with E-state index >= 15 is 0 Å². The molecular weight excluding hydrogens is 398 g/mol. The first-order valence-electron chi connectivity index (χ1n) is 10.3. The van der Waals surface area contributed by atoms with Gasteiger partial charge in [0, 0.05) is 6.54 Å². The maximum absolute atomic E-state index is 12.6. The molecular formula is C23H25N3O5. The van der Waals surface area contributed by atoms with Crippen LogP contribution in [0, 0.1) is 6.92 Å². The number of nitrogens with zero attached hydrogens (tertiary/aromatic N) is 1. The first kappa shape index (κ1) is 20.7. The molecule has 31 heavy (non-hydrogen) atoms. The van der Waals surface area contributed by atoms with Gasteiger partial charge in [-0.15, -0.1) is 0 Å². The average Bonchev–Trinajstić information content (AvgIpc) is 3.24. The summed E-state index contributed by atoms with van der Waals surface area (Å²) in [6.07, 6.45) is 0.763. The number of benzene rings is 2. The highest BCUT2D eigenvalue weighted by Crippen LogP contribution is 2.37. The van der Waals surface area contributed by atoms with Gasteiger partial charge in [-0.05, 0) is 62.6 Å². The minimum Gasteiger partial charge on any atom is -0.495 e. The van der Waals surface area contributed by atoms with E-state index in [4.69, 9.17) is 9.47 Å². The lowest BCUT2D eigenvalue weighted by Crippen LogP contribution is -2.43. The molecule has 2 atom stereocenters. The van der Waals surface area contributed by atoms with E-state index in [-0.39, 0.29) is 17.5 Å². The van der Waals surface area contributed by atoms with Gasteiger partial charge in [0.15, 0.2) is 6.10 Å². The highest BCUT2D eigenvalue weighted by molar-refractivity contribution is 6.06. The van der Waals surface area contributed by atoms with Gasteiger partial charge >= 0.3 is 5.97 Å². The molecule has 4 rings (SSSR count). The molecule has 0 bridgehead atoms. The summed E-state index contributed by atoms with van der Waals surface area (Å²) in [5.74, 6) is -0.652. The fourth-order valence-corrected chi connectivity index (χ4v) is 3.99. The molecule has 2 aliphatic heterocycles. The topological polar surface area (TPSA) is 97.0 Å². The molecule has 1 fully saturated rings. The quantitative estimate of drug-likeness (QED) is 0.718. The Morgan fingerprint density at radius 1 is 1.23 bits per heavy atom. The van der Waals surface area contributed by atoms with Crippen molar-refractivity contribution in [2.45, 2.75) is 38.8 Å². The predicted molar refractivity (Wildman–Crippen MR) is 117 cm³/mol. The largest absolute Gasteiger partial charge is 0.495 e. The molecule has 1 saturated heterocycles. The number of aryl methyl sites for hydroxylation is 1. The first-order valence-corrected chi connectivity index (χ1v) is 10.3. The molecule has 2 aromatic carbocycles. The summed E-state index contributed by atoms with van der Waals surface area (Å²) in [7, 11) is 1.52. The number of amides is 2. The Bertz CT molecular complexity index is 1050. The summed E-state index contributed by atoms with van der Waals surface area (Å²) in [5, 5.41) is 5.61. The predicted octanol–water partition coefficient (Wildman–Crippen LogP) is 3.11. The van der Waals surface area contributed by atoms with Gasteiger partial charge in [-0.3, -0.25) is 9.59 Å². The Morgan fingerprint density at radius 2 is 2.03 bits per heavy atom. The number of hydrogen-bond acceptors (Lipinski definition) is 6. The number of fused-ring (bicyclic) bond motifs is 3. The van der Waals surface area contributed by atoms with Crippen LogP contribution in [-0.4, -0.2) is 43.6 Å². The van der Waals surface area contributed by atoms with Crippen LogP contribution in [0.2, 0.25) is 0 Å². The van der Waals surface area contributed by atoms with Crippen LogP contribution in [0.3, 0.4) is 0 Å². The van der Waals surface area contributed by atoms with E-state index in [0.717, 1.165) is 30.6 Å². The minimum absolute atomic E-state index is 0.0598. The lowest BCUT2D eigenvalue weighted by Gasteiger charge is -2.33. The molecule has 8 heteroatoms. The zero-order valence-corrected chi connectivity index (χ0v) is 17.7. The Kier molecular flexibility index (Phi) is 5.54. The number of anilines is 3. The fraction of sp³-hybridized carbons (Fsp3) is 0.348. The molecule has 0 aromatic heterocycles. The molecule has 2 heterocycles. The van der Waals surface area contributed by atoms with Gasteiger partial charge in [0.1, 0.15) is 11.8 Å². The van der Waals surface area contributed by atoms with E-state index < -0.39 is 18.0 Å². The lowest BCUT2D eigenvalue weighted by atomic mass is 10.1. The second kappa shape index (κ2) is 8.29. The van der Waals surface area contributed by atoms with Crippen LogP contribution in [0.5, 0.6) is 5.75 Å². The third-order valence-corrected chi connectivity index (χ3v) is 5.62. The van der Waals surface area contributed by atoms with Crippen molar-refractivity contribution in [1.82, 2.24) is 0 Å². The van der Waals surface area contributed by atoms with E-state index in [1.54, 1.807) is 24.3 Å². The van der Waals surface area contributed by atoms with E-state index in [1.165, 1.54) is 14.0 Å². The van der Waals surface area contributed by atoms with Crippen LogP contribution >= 0.6 is 0 Å². The summed E-state index contributed by atoms with van der Waals surface area (Å²) < 4.78 is 10.6. The highest BCUT2D eigenvalue weighted by Gasteiger charge is 2.36. The van der Waals surface area contributed by atoms with Gasteiger partial charge in [0.2, 0.25) is 5.91 Å². The van der Waals surface area contributed by atoms with Crippen LogP contribution in [0.25, 0.3) is 0 Å². The zero-order chi connectivity index (χ0) is 22.1. The van der Waals surface area contributed by atoms with Gasteiger partial charge in [-0.25, -0.2) is 4.79 Å². The monoisotopic (exact) mass is 423 g/mol. The van der Waals surface area contributed by atoms with Gasteiger partial charge in [-0.1, -0.05) is 6.07 Å². The second-order valence-electron chi connectivity index (χ2n) is 7.81. The van der Waals surface area contributed by atoms with Gasteiger partial charge in [0.05, 0.1) is 29.7 Å². The number of hydrogen-bond donors (Lipinski definition) is 2. The summed E-state index contributed by atoms with van der Waals surface area (Å²) in [5.41, 5.74) is 3.21. The van der Waals surface area contributed by atoms with E-state index in [2.05, 4.69) is 15.5 Å². The Labute approximate surface area is 180 Å². The van der Waals surface area contributed by atoms with Crippen molar-refractivity contribution in [3.05, 3.63) is 47.5 Å². The normalized spacial score (nSPS) is 17.8. The number of carbonyl (C=O) groups is 3. The molecule has 2 amide bonds. The third-order valence-electron chi connectivity index (χ3n) is 5.62. The van der Waals surface area contributed by atoms with Crippen molar-refractivity contribution < 1.29 is 23.9 Å². The van der Waals surface area contributed by atoms with Crippen LogP contribution < -0.4 is 20.3 Å². The molecule has 2 aliphatic rings. The van der Waals surface area contributed by atoms with Crippen LogP contribution in [0.1, 0.15) is 35.7 Å². The van der Waals surface area contributed by atoms with Crippen molar-refractivity contribution in [1.29, 1.82) is 0 Å². The number of carbonyl (C=O) groups excluding carboxylic acids is 3. The van der Waals surface area contributed by atoms with Crippen LogP contribution in [-0.2, 0) is 14.3 Å². The summed E-state index contributed by atoms with van der Waals surface area (Å²) >= 11 is 0. The van der Waals surface area contributed by atoms with Crippen LogP contribution in [0.15, 0.2) is 36.4 Å². The molecule has 0 aliphatic carbocycles. The zero-order valence-electron chi connectivity index (χ0n) is 17.7. The highest BCUT2D eigenvalue weighted by atomic mass is 16.5. The van der Waals surface area contributed by atoms with E-state index in [0.29, 0.717) is 17.1 Å². The maximum atomic E-state index is 12.6. The minimum atomic E-state index is -1.02. The number of ether oxygens (including phenoxy) is 2. The summed E-state index contributed by atoms with van der Waals surface area (Å²) in [6, 6.07) is 10.3. The molecule has 8 nitrogen and oxygen atoms in total. The Morgan fingerprint density at radius 3 is 2.81 bits per heavy atom. The van der Waals surface area contributed by atoms with Crippen molar-refractivity contribution in [3.8, 4) is 5.75 Å². The molecule has 2 aromatic rings. The first-order chi connectivity index (χ1) is 14.9. The number of methoxy groups -OCH3 is 1. The van der Waals surface area contributed by atoms with Gasteiger partial charge in [0.25, 0.3) is 5.91 Å². The molecule has 0 radical (unpaired) electrons. The second-order valence-corrected chi connectivity index (χ2v) is 7.81. The van der Waals surface area contributed by atoms with Crippen molar-refractivity contribution in [2.24, 2.45) is 0 Å². The molecule has 0 spiro atoms. The Hall–Kier alpha value is -3.55. The molecule has 2 N–H and O–H groups in total. The SMILES string of the molecule is COc1ccc(C)cc1NC(=O)[C@@H](C)OC(=O)c1ccc2c(c1)NC(=O)[C@@H]1CCCN21. The summed E-state index contributed by atoms with van der Waals surface area (Å²) in [6.45, 7) is 4.22.